The second kappa shape index (κ2) is 12.9. The Bertz CT molecular complexity index is 178. The summed E-state index contributed by atoms with van der Waals surface area (Å²) in [5.74, 6) is -1.41. The molecular weight excluding hydrogens is 236 g/mol. The van der Waals surface area contributed by atoms with Crippen molar-refractivity contribution in [3.8, 4) is 0 Å². The first-order valence-electron chi connectivity index (χ1n) is 8.57. The summed E-state index contributed by atoms with van der Waals surface area (Å²) in [7, 11) is 0. The molecule has 0 aromatic carbocycles. The highest BCUT2D eigenvalue weighted by Crippen LogP contribution is 2.20. The van der Waals surface area contributed by atoms with E-state index in [1.807, 2.05) is 0 Å². The molecule has 2 nitrogen and oxygen atoms in total. The third kappa shape index (κ3) is 14.1. The first-order chi connectivity index (χ1) is 9.12. The molecule has 116 valence electrons. The van der Waals surface area contributed by atoms with Crippen LogP contribution in [0, 0.1) is 0 Å². The van der Waals surface area contributed by atoms with E-state index in [-0.39, 0.29) is 0 Å². The summed E-state index contributed by atoms with van der Waals surface area (Å²) in [6.45, 7) is 4.38. The molecule has 0 fully saturated rings. The van der Waals surface area contributed by atoms with E-state index in [1.54, 1.807) is 0 Å². The van der Waals surface area contributed by atoms with Crippen molar-refractivity contribution in [2.45, 2.75) is 110 Å². The van der Waals surface area contributed by atoms with Gasteiger partial charge in [0.05, 0.1) is 0 Å². The second-order valence-corrected chi connectivity index (χ2v) is 6.02. The van der Waals surface area contributed by atoms with E-state index in [0.29, 0.717) is 12.8 Å². The largest absolute Gasteiger partial charge is 0.366 e. The number of hydrogen-bond acceptors (Lipinski definition) is 2. The van der Waals surface area contributed by atoms with Crippen LogP contribution in [0.5, 0.6) is 0 Å². The molecule has 0 aliphatic heterocycles. The molecule has 0 heterocycles. The molecule has 0 spiro atoms. The van der Waals surface area contributed by atoms with Crippen LogP contribution in [0.1, 0.15) is 104 Å². The summed E-state index contributed by atoms with van der Waals surface area (Å²) in [4.78, 5) is 0. The Hall–Kier alpha value is -0.0800. The minimum Gasteiger partial charge on any atom is -0.366 e. The molecule has 0 aliphatic carbocycles. The summed E-state index contributed by atoms with van der Waals surface area (Å²) in [6, 6.07) is 0. The van der Waals surface area contributed by atoms with Gasteiger partial charge in [-0.2, -0.15) is 0 Å². The van der Waals surface area contributed by atoms with E-state index in [1.165, 1.54) is 44.9 Å². The van der Waals surface area contributed by atoms with Gasteiger partial charge in [0.1, 0.15) is 0 Å². The summed E-state index contributed by atoms with van der Waals surface area (Å²) >= 11 is 0. The lowest BCUT2D eigenvalue weighted by molar-refractivity contribution is -0.172. The minimum atomic E-state index is -1.41. The Kier molecular flexibility index (Phi) is 12.9. The Morgan fingerprint density at radius 1 is 0.526 bits per heavy atom. The SMILES string of the molecule is CCCCCCCCCCCC(O)(O)CCCCC. The quantitative estimate of drug-likeness (QED) is 0.338. The van der Waals surface area contributed by atoms with Crippen LogP contribution >= 0.6 is 0 Å². The standard InChI is InChI=1S/C17H36O2/c1-3-5-7-8-9-10-11-12-14-16-17(18,19)15-13-6-4-2/h18-19H,3-16H2,1-2H3. The molecule has 0 rings (SSSR count). The molecule has 0 aromatic heterocycles. The van der Waals surface area contributed by atoms with Gasteiger partial charge in [-0.25, -0.2) is 0 Å². The highest BCUT2D eigenvalue weighted by atomic mass is 16.5. The van der Waals surface area contributed by atoms with Gasteiger partial charge in [-0.15, -0.1) is 0 Å². The molecule has 0 aliphatic rings. The van der Waals surface area contributed by atoms with Gasteiger partial charge < -0.3 is 10.2 Å². The molecule has 0 saturated carbocycles. The van der Waals surface area contributed by atoms with E-state index >= 15 is 0 Å². The van der Waals surface area contributed by atoms with Gasteiger partial charge in [0.2, 0.25) is 0 Å². The lowest BCUT2D eigenvalue weighted by Gasteiger charge is -2.21. The minimum absolute atomic E-state index is 0.540. The van der Waals surface area contributed by atoms with Gasteiger partial charge >= 0.3 is 0 Å². The van der Waals surface area contributed by atoms with Gasteiger partial charge in [0, 0.05) is 12.8 Å². The smallest absolute Gasteiger partial charge is 0.162 e. The Morgan fingerprint density at radius 2 is 0.842 bits per heavy atom. The van der Waals surface area contributed by atoms with Gasteiger partial charge in [-0.1, -0.05) is 78.1 Å². The second-order valence-electron chi connectivity index (χ2n) is 6.02. The van der Waals surface area contributed by atoms with Gasteiger partial charge in [0.25, 0.3) is 0 Å². The van der Waals surface area contributed by atoms with Crippen LogP contribution in [0.4, 0.5) is 0 Å². The van der Waals surface area contributed by atoms with E-state index in [9.17, 15) is 10.2 Å². The molecule has 2 heteroatoms. The van der Waals surface area contributed by atoms with Crippen LogP contribution in [0.3, 0.4) is 0 Å². The predicted molar refractivity (Wildman–Crippen MR) is 83.2 cm³/mol. The van der Waals surface area contributed by atoms with Crippen molar-refractivity contribution in [3.05, 3.63) is 0 Å². The van der Waals surface area contributed by atoms with Crippen LogP contribution in [0.15, 0.2) is 0 Å². The summed E-state index contributed by atoms with van der Waals surface area (Å²) in [5.41, 5.74) is 0. The maximum absolute atomic E-state index is 9.80. The van der Waals surface area contributed by atoms with Crippen molar-refractivity contribution in [1.29, 1.82) is 0 Å². The van der Waals surface area contributed by atoms with Gasteiger partial charge in [-0.3, -0.25) is 0 Å². The molecule has 0 saturated heterocycles. The van der Waals surface area contributed by atoms with E-state index in [4.69, 9.17) is 0 Å². The molecule has 0 amide bonds. The van der Waals surface area contributed by atoms with E-state index in [0.717, 1.165) is 32.1 Å². The first-order valence-corrected chi connectivity index (χ1v) is 8.57. The Morgan fingerprint density at radius 3 is 1.32 bits per heavy atom. The lowest BCUT2D eigenvalue weighted by Crippen LogP contribution is -2.27. The van der Waals surface area contributed by atoms with Crippen molar-refractivity contribution in [1.82, 2.24) is 0 Å². The van der Waals surface area contributed by atoms with E-state index in [2.05, 4.69) is 13.8 Å². The van der Waals surface area contributed by atoms with Crippen molar-refractivity contribution < 1.29 is 10.2 Å². The molecule has 0 atom stereocenters. The zero-order valence-corrected chi connectivity index (χ0v) is 13.3. The highest BCUT2D eigenvalue weighted by molar-refractivity contribution is 4.64. The molecule has 0 aromatic rings. The fourth-order valence-corrected chi connectivity index (χ4v) is 2.50. The number of unbranched alkanes of at least 4 members (excludes halogenated alkanes) is 10. The number of rotatable bonds is 14. The molecular formula is C17H36O2. The van der Waals surface area contributed by atoms with Crippen molar-refractivity contribution in [3.63, 3.8) is 0 Å². The summed E-state index contributed by atoms with van der Waals surface area (Å²) < 4.78 is 0. The van der Waals surface area contributed by atoms with Crippen LogP contribution in [0.25, 0.3) is 0 Å². The average Bonchev–Trinajstić information content (AvgIpc) is 2.37. The zero-order valence-electron chi connectivity index (χ0n) is 13.3. The Labute approximate surface area is 120 Å². The maximum atomic E-state index is 9.80. The number of hydrogen-bond donors (Lipinski definition) is 2. The lowest BCUT2D eigenvalue weighted by atomic mass is 10.00. The maximum Gasteiger partial charge on any atom is 0.162 e. The Balaban J connectivity index is 3.27. The average molecular weight is 272 g/mol. The molecule has 2 N–H and O–H groups in total. The van der Waals surface area contributed by atoms with Crippen molar-refractivity contribution in [2.24, 2.45) is 0 Å². The van der Waals surface area contributed by atoms with Gasteiger partial charge in [-0.05, 0) is 12.8 Å². The van der Waals surface area contributed by atoms with Crippen LogP contribution < -0.4 is 0 Å². The van der Waals surface area contributed by atoms with Crippen molar-refractivity contribution in [2.75, 3.05) is 0 Å². The molecule has 19 heavy (non-hydrogen) atoms. The summed E-state index contributed by atoms with van der Waals surface area (Å²) in [5, 5.41) is 19.6. The zero-order chi connectivity index (χ0) is 14.4. The third-order valence-corrected chi connectivity index (χ3v) is 3.86. The summed E-state index contributed by atoms with van der Waals surface area (Å²) in [6.07, 6.45) is 15.7. The molecule has 0 radical (unpaired) electrons. The van der Waals surface area contributed by atoms with Crippen LogP contribution in [0.2, 0.25) is 0 Å². The van der Waals surface area contributed by atoms with E-state index < -0.39 is 5.79 Å². The topological polar surface area (TPSA) is 40.5 Å². The number of aliphatic hydroxyl groups is 2. The van der Waals surface area contributed by atoms with Crippen molar-refractivity contribution >= 4 is 0 Å². The van der Waals surface area contributed by atoms with Gasteiger partial charge in [0.15, 0.2) is 5.79 Å². The monoisotopic (exact) mass is 272 g/mol. The third-order valence-electron chi connectivity index (χ3n) is 3.86. The highest BCUT2D eigenvalue weighted by Gasteiger charge is 2.20. The fourth-order valence-electron chi connectivity index (χ4n) is 2.50. The molecule has 0 bridgehead atoms. The van der Waals surface area contributed by atoms with Crippen LogP contribution in [-0.4, -0.2) is 16.0 Å². The normalized spacial score (nSPS) is 12.0. The van der Waals surface area contributed by atoms with Crippen LogP contribution in [-0.2, 0) is 0 Å². The molecule has 0 unspecified atom stereocenters. The fraction of sp³-hybridized carbons (Fsp3) is 1.00. The predicted octanol–water partition coefficient (Wildman–Crippen LogP) is 5.17. The first kappa shape index (κ1) is 18.9.